The number of carboxylic acid groups (broad SMARTS) is 1. The number of carbonyl (C=O) groups is 1. The van der Waals surface area contributed by atoms with Crippen molar-refractivity contribution in [3.05, 3.63) is 59.7 Å². The van der Waals surface area contributed by atoms with Crippen LogP contribution in [-0.4, -0.2) is 16.2 Å². The molecular weight excluding hydrogens is 264 g/mol. The Balaban J connectivity index is 2.43. The Morgan fingerprint density at radius 3 is 2.10 bits per heavy atom. The predicted molar refractivity (Wildman–Crippen MR) is 83.2 cm³/mol. The van der Waals surface area contributed by atoms with Crippen LogP contribution in [0.25, 0.3) is 11.1 Å². The van der Waals surface area contributed by atoms with E-state index in [0.717, 1.165) is 11.1 Å². The molecule has 2 aromatic rings. The number of rotatable bonds is 3. The molecule has 110 valence electrons. The summed E-state index contributed by atoms with van der Waals surface area (Å²) in [4.78, 5) is 10.8. The van der Waals surface area contributed by atoms with Crippen molar-refractivity contribution < 1.29 is 15.0 Å². The third kappa shape index (κ3) is 3.31. The first-order valence-corrected chi connectivity index (χ1v) is 6.91. The fraction of sp³-hybridized carbons (Fsp3) is 0.278. The molecule has 0 saturated carbocycles. The molecule has 0 spiro atoms. The lowest BCUT2D eigenvalue weighted by molar-refractivity contribution is -0.146. The summed E-state index contributed by atoms with van der Waals surface area (Å²) in [6.07, 6.45) is -1.48. The Hall–Kier alpha value is -2.13. The molecular formula is C18H20O3. The second-order valence-corrected chi connectivity index (χ2v) is 6.16. The minimum absolute atomic E-state index is 0.0237. The van der Waals surface area contributed by atoms with E-state index < -0.39 is 12.1 Å². The van der Waals surface area contributed by atoms with Gasteiger partial charge in [0.15, 0.2) is 6.10 Å². The van der Waals surface area contributed by atoms with Gasteiger partial charge in [-0.3, -0.25) is 0 Å². The molecule has 2 N–H and O–H groups in total. The van der Waals surface area contributed by atoms with Crippen molar-refractivity contribution in [3.63, 3.8) is 0 Å². The fourth-order valence-corrected chi connectivity index (χ4v) is 2.38. The summed E-state index contributed by atoms with van der Waals surface area (Å²) >= 11 is 0. The molecule has 0 heterocycles. The average molecular weight is 284 g/mol. The van der Waals surface area contributed by atoms with Crippen LogP contribution in [0.4, 0.5) is 0 Å². The first-order valence-electron chi connectivity index (χ1n) is 6.91. The Kier molecular flexibility index (Phi) is 4.14. The number of hydrogen-bond acceptors (Lipinski definition) is 2. The van der Waals surface area contributed by atoms with Gasteiger partial charge in [0, 0.05) is 0 Å². The Labute approximate surface area is 124 Å². The first kappa shape index (κ1) is 15.3. The van der Waals surface area contributed by atoms with Crippen molar-refractivity contribution in [2.24, 2.45) is 0 Å². The number of aliphatic carboxylic acids is 1. The maximum Gasteiger partial charge on any atom is 0.337 e. The van der Waals surface area contributed by atoms with E-state index in [9.17, 15) is 9.90 Å². The molecule has 0 bridgehead atoms. The largest absolute Gasteiger partial charge is 0.479 e. The number of aliphatic hydroxyl groups excluding tert-OH is 1. The van der Waals surface area contributed by atoms with E-state index in [1.165, 1.54) is 5.56 Å². The van der Waals surface area contributed by atoms with Crippen LogP contribution in [-0.2, 0) is 10.2 Å². The van der Waals surface area contributed by atoms with Crippen molar-refractivity contribution in [3.8, 4) is 11.1 Å². The standard InChI is InChI=1S/C18H20O3/c1-18(2,3)15-7-5-4-6-14(15)12-8-10-13(11-9-12)16(19)17(20)21/h4-11,16,19H,1-3H3,(H,20,21). The molecule has 0 aliphatic rings. The minimum Gasteiger partial charge on any atom is -0.479 e. The number of aliphatic hydroxyl groups is 1. The Morgan fingerprint density at radius 2 is 1.57 bits per heavy atom. The monoisotopic (exact) mass is 284 g/mol. The van der Waals surface area contributed by atoms with E-state index >= 15 is 0 Å². The summed E-state index contributed by atoms with van der Waals surface area (Å²) in [5.41, 5.74) is 3.79. The van der Waals surface area contributed by atoms with Gasteiger partial charge in [-0.1, -0.05) is 69.3 Å². The lowest BCUT2D eigenvalue weighted by Crippen LogP contribution is -2.12. The minimum atomic E-state index is -1.48. The maximum absolute atomic E-state index is 10.8. The molecule has 0 amide bonds. The lowest BCUT2D eigenvalue weighted by atomic mass is 9.82. The van der Waals surface area contributed by atoms with Crippen LogP contribution in [0, 0.1) is 0 Å². The van der Waals surface area contributed by atoms with Gasteiger partial charge < -0.3 is 10.2 Å². The van der Waals surface area contributed by atoms with Crippen LogP contribution in [0.5, 0.6) is 0 Å². The van der Waals surface area contributed by atoms with Gasteiger partial charge in [-0.2, -0.15) is 0 Å². The fourth-order valence-electron chi connectivity index (χ4n) is 2.38. The summed E-state index contributed by atoms with van der Waals surface area (Å²) in [7, 11) is 0. The van der Waals surface area contributed by atoms with Crippen LogP contribution in [0.1, 0.15) is 38.0 Å². The topological polar surface area (TPSA) is 57.5 Å². The molecule has 0 saturated heterocycles. The smallest absolute Gasteiger partial charge is 0.337 e. The second kappa shape index (κ2) is 5.70. The summed E-state index contributed by atoms with van der Waals surface area (Å²) in [6.45, 7) is 6.48. The van der Waals surface area contributed by atoms with E-state index in [-0.39, 0.29) is 5.41 Å². The van der Waals surface area contributed by atoms with Gasteiger partial charge in [0.05, 0.1) is 0 Å². The Morgan fingerprint density at radius 1 is 1.00 bits per heavy atom. The molecule has 0 radical (unpaired) electrons. The van der Waals surface area contributed by atoms with E-state index in [2.05, 4.69) is 32.9 Å². The van der Waals surface area contributed by atoms with Gasteiger partial charge in [0.2, 0.25) is 0 Å². The summed E-state index contributed by atoms with van der Waals surface area (Å²) in [5.74, 6) is -1.24. The summed E-state index contributed by atoms with van der Waals surface area (Å²) < 4.78 is 0. The highest BCUT2D eigenvalue weighted by Crippen LogP contribution is 2.33. The first-order chi connectivity index (χ1) is 9.80. The zero-order chi connectivity index (χ0) is 15.6. The van der Waals surface area contributed by atoms with Crippen molar-refractivity contribution in [1.29, 1.82) is 0 Å². The number of hydrogen-bond donors (Lipinski definition) is 2. The zero-order valence-electron chi connectivity index (χ0n) is 12.5. The van der Waals surface area contributed by atoms with Gasteiger partial charge in [-0.15, -0.1) is 0 Å². The van der Waals surface area contributed by atoms with Crippen LogP contribution >= 0.6 is 0 Å². The van der Waals surface area contributed by atoms with E-state index in [1.807, 2.05) is 24.3 Å². The van der Waals surface area contributed by atoms with Crippen LogP contribution in [0.15, 0.2) is 48.5 Å². The highest BCUT2D eigenvalue weighted by molar-refractivity contribution is 5.75. The molecule has 3 heteroatoms. The van der Waals surface area contributed by atoms with E-state index in [4.69, 9.17) is 5.11 Å². The van der Waals surface area contributed by atoms with Crippen molar-refractivity contribution in [2.45, 2.75) is 32.3 Å². The van der Waals surface area contributed by atoms with Gasteiger partial charge in [0.1, 0.15) is 0 Å². The molecule has 21 heavy (non-hydrogen) atoms. The van der Waals surface area contributed by atoms with E-state index in [1.54, 1.807) is 12.1 Å². The van der Waals surface area contributed by atoms with Gasteiger partial charge >= 0.3 is 5.97 Å². The number of carboxylic acids is 1. The predicted octanol–water partition coefficient (Wildman–Crippen LogP) is 3.77. The molecule has 0 aromatic heterocycles. The molecule has 2 rings (SSSR count). The van der Waals surface area contributed by atoms with Crippen molar-refractivity contribution in [2.75, 3.05) is 0 Å². The molecule has 2 aromatic carbocycles. The van der Waals surface area contributed by atoms with Crippen molar-refractivity contribution in [1.82, 2.24) is 0 Å². The lowest BCUT2D eigenvalue weighted by Gasteiger charge is -2.23. The van der Waals surface area contributed by atoms with Crippen LogP contribution < -0.4 is 0 Å². The van der Waals surface area contributed by atoms with Gasteiger partial charge in [-0.05, 0) is 27.7 Å². The summed E-state index contributed by atoms with van der Waals surface area (Å²) in [6, 6.07) is 15.2. The summed E-state index contributed by atoms with van der Waals surface area (Å²) in [5, 5.41) is 18.4. The molecule has 0 fully saturated rings. The molecule has 0 aliphatic carbocycles. The molecule has 0 aliphatic heterocycles. The quantitative estimate of drug-likeness (QED) is 0.902. The molecule has 1 atom stereocenters. The van der Waals surface area contributed by atoms with Gasteiger partial charge in [-0.25, -0.2) is 4.79 Å². The highest BCUT2D eigenvalue weighted by Gasteiger charge is 2.19. The third-order valence-electron chi connectivity index (χ3n) is 3.51. The third-order valence-corrected chi connectivity index (χ3v) is 3.51. The molecule has 3 nitrogen and oxygen atoms in total. The average Bonchev–Trinajstić information content (AvgIpc) is 2.45. The van der Waals surface area contributed by atoms with Crippen LogP contribution in [0.3, 0.4) is 0 Å². The zero-order valence-corrected chi connectivity index (χ0v) is 12.5. The second-order valence-electron chi connectivity index (χ2n) is 6.16. The SMILES string of the molecule is CC(C)(C)c1ccccc1-c1ccc(C(O)C(=O)O)cc1. The van der Waals surface area contributed by atoms with Crippen molar-refractivity contribution >= 4 is 5.97 Å². The van der Waals surface area contributed by atoms with Crippen LogP contribution in [0.2, 0.25) is 0 Å². The number of benzene rings is 2. The normalized spacial score (nSPS) is 13.0. The van der Waals surface area contributed by atoms with E-state index in [0.29, 0.717) is 5.56 Å². The van der Waals surface area contributed by atoms with Gasteiger partial charge in [0.25, 0.3) is 0 Å². The highest BCUT2D eigenvalue weighted by atomic mass is 16.4. The maximum atomic E-state index is 10.8. The molecule has 1 unspecified atom stereocenters. The Bertz CT molecular complexity index is 636.